The first-order chi connectivity index (χ1) is 39.1. The molecule has 32 heteroatoms. The third-order valence-electron chi connectivity index (χ3n) is 13.3. The highest BCUT2D eigenvalue weighted by Crippen LogP contribution is 2.45. The van der Waals surface area contributed by atoms with E-state index in [4.69, 9.17) is 34.2 Å². The summed E-state index contributed by atoms with van der Waals surface area (Å²) >= 11 is 0. The Labute approximate surface area is 476 Å². The molecule has 8 heterocycles. The summed E-state index contributed by atoms with van der Waals surface area (Å²) in [6.45, 7) is 11.8. The molecule has 2 aliphatic carbocycles. The fraction of sp³-hybridized carbons (Fsp3) is 0.490. The number of nitrogens with zero attached hydrogens (tertiary/aromatic N) is 9. The van der Waals surface area contributed by atoms with Crippen molar-refractivity contribution in [1.29, 1.82) is 0 Å². The van der Waals surface area contributed by atoms with E-state index in [1.807, 2.05) is 27.7 Å². The zero-order valence-corrected chi connectivity index (χ0v) is 46.7. The van der Waals surface area contributed by atoms with Crippen LogP contribution in [-0.4, -0.2) is 153 Å². The molecule has 0 radical (unpaired) electrons. The molecule has 2 aromatic carbocycles. The molecule has 30 nitrogen and oxygen atoms in total. The predicted molar refractivity (Wildman–Crippen MR) is 295 cm³/mol. The van der Waals surface area contributed by atoms with Crippen LogP contribution in [0.1, 0.15) is 87.1 Å². The minimum atomic E-state index is -3.60. The van der Waals surface area contributed by atoms with Crippen molar-refractivity contribution >= 4 is 89.3 Å². The first-order valence-electron chi connectivity index (χ1n) is 26.2. The van der Waals surface area contributed by atoms with Crippen LogP contribution in [0.2, 0.25) is 0 Å². The minimum Gasteiger partial charge on any atom is -0.382 e. The lowest BCUT2D eigenvalue weighted by atomic mass is 10.1. The lowest BCUT2D eigenvalue weighted by molar-refractivity contribution is -0.198. The number of fused-ring (bicyclic) bond motifs is 4. The normalized spacial score (nSPS) is 24.6. The SMILES string of the molecule is C.CCNC(=O)[C@H]1O[C@@H](n2cnc3c(N)ncnc32)[C@@H]2OC(C)(C)O[C@@H]21.CCNC(=O)[C@H]1O[C@@H](n2cnc3c(NC(=O)Nc4ccc(S(=O)(=O)NC5CC5)cc4)ncnc32)[C@@H]2OC(C)(C)O[C@@H]21.O=C=Nc1ccc(S(=O)(=O)NC2CC2)cc1. The molecule has 4 aromatic heterocycles. The van der Waals surface area contributed by atoms with Crippen molar-refractivity contribution < 1.29 is 64.4 Å². The molecule has 0 spiro atoms. The summed E-state index contributed by atoms with van der Waals surface area (Å²) in [4.78, 5) is 76.8. The molecular weight excluding hydrogens is 1120 g/mol. The Kier molecular flexibility index (Phi) is 17.4. The predicted octanol–water partition coefficient (Wildman–Crippen LogP) is 3.16. The number of carbonyl (C=O) groups excluding carboxylic acids is 4. The number of carbonyl (C=O) groups is 3. The van der Waals surface area contributed by atoms with E-state index < -0.39 is 86.7 Å². The van der Waals surface area contributed by atoms with E-state index in [1.54, 1.807) is 29.3 Å². The Hall–Kier alpha value is -7.49. The second kappa shape index (κ2) is 24.0. The van der Waals surface area contributed by atoms with E-state index >= 15 is 0 Å². The van der Waals surface area contributed by atoms with E-state index in [2.05, 4.69) is 65.6 Å². The minimum absolute atomic E-state index is 0. The van der Waals surface area contributed by atoms with Crippen molar-refractivity contribution in [3.63, 3.8) is 0 Å². The summed E-state index contributed by atoms with van der Waals surface area (Å²) in [5.74, 6) is -1.87. The van der Waals surface area contributed by atoms with Crippen LogP contribution in [0.4, 0.5) is 27.8 Å². The van der Waals surface area contributed by atoms with Gasteiger partial charge in [0.25, 0.3) is 11.8 Å². The third-order valence-corrected chi connectivity index (χ3v) is 16.4. The molecule has 444 valence electrons. The number of benzene rings is 2. The van der Waals surface area contributed by atoms with Gasteiger partial charge >= 0.3 is 6.03 Å². The van der Waals surface area contributed by atoms with E-state index in [0.29, 0.717) is 41.3 Å². The number of nitrogen functional groups attached to an aromatic ring is 1. The maximum Gasteiger partial charge on any atom is 0.324 e. The monoisotopic (exact) mass is 1190 g/mol. The lowest BCUT2D eigenvalue weighted by Crippen LogP contribution is -2.42. The molecule has 83 heavy (non-hydrogen) atoms. The summed E-state index contributed by atoms with van der Waals surface area (Å²) in [7, 11) is -7.02. The summed E-state index contributed by atoms with van der Waals surface area (Å²) in [5, 5.41) is 10.8. The van der Waals surface area contributed by atoms with Gasteiger partial charge in [0.05, 0.1) is 28.1 Å². The largest absolute Gasteiger partial charge is 0.382 e. The number of hydrogen-bond acceptors (Lipinski definition) is 22. The number of likely N-dealkylation sites (N-methyl/N-ethyl adjacent to an activating group) is 2. The maximum atomic E-state index is 12.8. The molecule has 0 unspecified atom stereocenters. The van der Waals surface area contributed by atoms with Gasteiger partial charge in [0.15, 0.2) is 64.7 Å². The molecular formula is C51H64N16O14S2. The second-order valence-electron chi connectivity index (χ2n) is 20.5. The van der Waals surface area contributed by atoms with Crippen molar-refractivity contribution in [1.82, 2.24) is 59.1 Å². The molecule has 6 aromatic rings. The Morgan fingerprint density at radius 1 is 0.639 bits per heavy atom. The van der Waals surface area contributed by atoms with E-state index in [9.17, 15) is 36.0 Å². The summed E-state index contributed by atoms with van der Waals surface area (Å²) in [6.07, 6.45) is 5.19. The summed E-state index contributed by atoms with van der Waals surface area (Å²) < 4.78 is 92.8. The fourth-order valence-electron chi connectivity index (χ4n) is 9.48. The Morgan fingerprint density at radius 2 is 1.08 bits per heavy atom. The van der Waals surface area contributed by atoms with E-state index in [1.165, 1.54) is 73.6 Å². The summed E-state index contributed by atoms with van der Waals surface area (Å²) in [6, 6.07) is 11.1. The van der Waals surface area contributed by atoms with Gasteiger partial charge in [-0.15, -0.1) is 0 Å². The number of rotatable bonds is 15. The molecule has 4 amide bonds. The van der Waals surface area contributed by atoms with Crippen LogP contribution in [0, 0.1) is 0 Å². The van der Waals surface area contributed by atoms with Crippen LogP contribution >= 0.6 is 0 Å². The van der Waals surface area contributed by atoms with Crippen LogP contribution in [0.15, 0.2) is 88.6 Å². The quantitative estimate of drug-likeness (QED) is 0.0573. The van der Waals surface area contributed by atoms with Crippen LogP contribution in [-0.2, 0) is 62.9 Å². The van der Waals surface area contributed by atoms with Gasteiger partial charge in [-0.3, -0.25) is 24.0 Å². The van der Waals surface area contributed by atoms with Crippen molar-refractivity contribution in [3.8, 4) is 0 Å². The van der Waals surface area contributed by atoms with Crippen LogP contribution in [0.25, 0.3) is 22.3 Å². The van der Waals surface area contributed by atoms with Gasteiger partial charge < -0.3 is 50.1 Å². The molecule has 8 atom stereocenters. The van der Waals surface area contributed by atoms with Gasteiger partial charge in [-0.1, -0.05) is 7.43 Å². The average molecular weight is 1190 g/mol. The highest BCUT2D eigenvalue weighted by Gasteiger charge is 2.59. The number of hydrogen-bond donors (Lipinski definition) is 7. The topological polar surface area (TPSA) is 390 Å². The number of aliphatic imine (C=N–C) groups is 1. The van der Waals surface area contributed by atoms with Crippen molar-refractivity contribution in [2.45, 2.75) is 157 Å². The van der Waals surface area contributed by atoms with E-state index in [0.717, 1.165) is 25.7 Å². The molecule has 8 N–H and O–H groups in total. The Bertz CT molecular complexity index is 3650. The molecule has 4 saturated heterocycles. The molecule has 4 aliphatic heterocycles. The first kappa shape index (κ1) is 60.1. The molecule has 6 aliphatic rings. The summed E-state index contributed by atoms with van der Waals surface area (Å²) in [5.41, 5.74) is 8.24. The van der Waals surface area contributed by atoms with Gasteiger partial charge in [-0.05, 0) is 116 Å². The highest BCUT2D eigenvalue weighted by molar-refractivity contribution is 7.89. The second-order valence-corrected chi connectivity index (χ2v) is 24.0. The van der Waals surface area contributed by atoms with Crippen LogP contribution in [0.3, 0.4) is 0 Å². The number of sulfonamides is 2. The first-order valence-corrected chi connectivity index (χ1v) is 29.1. The number of urea groups is 1. The molecule has 2 saturated carbocycles. The maximum absolute atomic E-state index is 12.8. The Morgan fingerprint density at radius 3 is 1.55 bits per heavy atom. The zero-order valence-electron chi connectivity index (χ0n) is 45.1. The number of amides is 4. The van der Waals surface area contributed by atoms with E-state index in [-0.39, 0.29) is 58.3 Å². The number of isocyanates is 1. The fourth-order valence-corrected chi connectivity index (χ4v) is 12.1. The average Bonchev–Trinajstić information content (AvgIpc) is 1.97. The van der Waals surface area contributed by atoms with Gasteiger partial charge in [-0.25, -0.2) is 65.8 Å². The van der Waals surface area contributed by atoms with Gasteiger partial charge in [0, 0.05) is 30.9 Å². The smallest absolute Gasteiger partial charge is 0.324 e. The Balaban J connectivity index is 0.000000167. The number of imidazole rings is 2. The number of nitrogens with two attached hydrogens (primary N) is 1. The zero-order chi connectivity index (χ0) is 58.3. The number of ether oxygens (including phenoxy) is 6. The van der Waals surface area contributed by atoms with Crippen LogP contribution in [0.5, 0.6) is 0 Å². The van der Waals surface area contributed by atoms with Gasteiger partial charge in [0.2, 0.25) is 26.1 Å². The standard InChI is InChI=1S/C25H30N8O7S.C15H20N6O4.C10H10N2O3S.CH4/c1-4-26-22(34)18-17-19(40-25(2,3)39-17)23(38-18)33-12-29-16-20(27-11-28-21(16)33)31-24(35)30-13-7-9-15(10-8-13)41(36,37)32-14-5-6-14;1-4-17-13(22)9-8-10(25-15(2,3)24-8)14(23-9)21-6-20-7-11(16)18-5-19-12(7)21;13-7-11-8-3-5-10(6-4-8)16(14,15)12-9-1-2-9;/h7-12,14,17-19,23,32H,4-6H2,1-3H3,(H,26,34)(H2,27,28,30,31,35);5-6,8-10,14H,4H2,1-3H3,(H,17,22)(H2,16,18,19);3-6,9,12H,1-2H2;1H4/t17-,18+,19-,23-;8-,9+,10-,14-;;/m11../s1. The number of nitrogens with one attached hydrogen (secondary N) is 6. The van der Waals surface area contributed by atoms with Gasteiger partial charge in [0.1, 0.15) is 42.6 Å². The van der Waals surface area contributed by atoms with Crippen molar-refractivity contribution in [3.05, 3.63) is 73.8 Å². The van der Waals surface area contributed by atoms with Crippen molar-refractivity contribution in [2.24, 2.45) is 4.99 Å². The number of anilines is 3. The lowest BCUT2D eigenvalue weighted by Gasteiger charge is -2.24. The van der Waals surface area contributed by atoms with Crippen molar-refractivity contribution in [2.75, 3.05) is 29.5 Å². The van der Waals surface area contributed by atoms with Crippen LogP contribution < -0.4 is 36.4 Å². The highest BCUT2D eigenvalue weighted by atomic mass is 32.2. The molecule has 0 bridgehead atoms. The third kappa shape index (κ3) is 13.3. The number of aromatic nitrogens is 8. The molecule has 12 rings (SSSR count). The van der Waals surface area contributed by atoms with Gasteiger partial charge in [-0.2, -0.15) is 4.99 Å². The molecule has 6 fully saturated rings.